The molecule has 27 heavy (non-hydrogen) atoms. The molecule has 2 aromatic rings. The second-order valence-electron chi connectivity index (χ2n) is 7.82. The van der Waals surface area contributed by atoms with Gasteiger partial charge in [-0.05, 0) is 67.7 Å². The smallest absolute Gasteiger partial charge is 0.122 e. The third-order valence-corrected chi connectivity index (χ3v) is 5.87. The molecule has 0 atom stereocenters. The normalized spacial score (nSPS) is 14.6. The highest BCUT2D eigenvalue weighted by molar-refractivity contribution is 5.54. The SMILES string of the molecule is Cc1cc(CCO)cc(C(c2cc(CCO)cc(C)c2O)C2CCC2)c1O. The van der Waals surface area contributed by atoms with Crippen LogP contribution in [-0.2, 0) is 12.8 Å². The van der Waals surface area contributed by atoms with Crippen LogP contribution in [0, 0.1) is 19.8 Å². The highest BCUT2D eigenvalue weighted by Gasteiger charge is 2.34. The maximum atomic E-state index is 10.8. The van der Waals surface area contributed by atoms with Crippen LogP contribution < -0.4 is 0 Å². The molecular weight excluding hydrogens is 340 g/mol. The van der Waals surface area contributed by atoms with Gasteiger partial charge in [0.1, 0.15) is 11.5 Å². The van der Waals surface area contributed by atoms with Crippen LogP contribution in [-0.4, -0.2) is 33.6 Å². The Kier molecular flexibility index (Phi) is 6.08. The van der Waals surface area contributed by atoms with Gasteiger partial charge in [-0.25, -0.2) is 0 Å². The predicted molar refractivity (Wildman–Crippen MR) is 106 cm³/mol. The zero-order valence-corrected chi connectivity index (χ0v) is 16.2. The standard InChI is InChI=1S/C23H30O4/c1-14-10-16(6-8-24)12-19(22(14)26)21(18-4-3-5-18)20-13-17(7-9-25)11-15(2)23(20)27/h10-13,18,21,24-27H,3-9H2,1-2H3. The summed E-state index contributed by atoms with van der Waals surface area (Å²) in [6.07, 6.45) is 4.38. The summed E-state index contributed by atoms with van der Waals surface area (Å²) >= 11 is 0. The fourth-order valence-electron chi connectivity index (χ4n) is 4.24. The molecule has 1 aliphatic rings. The first-order chi connectivity index (χ1) is 13.0. The van der Waals surface area contributed by atoms with Crippen molar-refractivity contribution < 1.29 is 20.4 Å². The number of hydrogen-bond acceptors (Lipinski definition) is 4. The maximum Gasteiger partial charge on any atom is 0.122 e. The summed E-state index contributed by atoms with van der Waals surface area (Å²) in [5, 5.41) is 40.4. The topological polar surface area (TPSA) is 80.9 Å². The average Bonchev–Trinajstić information content (AvgIpc) is 2.58. The molecule has 1 fully saturated rings. The van der Waals surface area contributed by atoms with Crippen molar-refractivity contribution in [2.75, 3.05) is 13.2 Å². The van der Waals surface area contributed by atoms with Gasteiger partial charge in [-0.15, -0.1) is 0 Å². The molecule has 0 spiro atoms. The molecule has 2 aromatic carbocycles. The summed E-state index contributed by atoms with van der Waals surface area (Å²) < 4.78 is 0. The summed E-state index contributed by atoms with van der Waals surface area (Å²) in [4.78, 5) is 0. The Bertz CT molecular complexity index is 747. The fourth-order valence-corrected chi connectivity index (χ4v) is 4.24. The predicted octanol–water partition coefficient (Wildman–Crippen LogP) is 3.72. The fraction of sp³-hybridized carbons (Fsp3) is 0.478. The molecule has 0 heterocycles. The number of aryl methyl sites for hydroxylation is 2. The molecular formula is C23H30O4. The van der Waals surface area contributed by atoms with Crippen LogP contribution in [0.15, 0.2) is 24.3 Å². The van der Waals surface area contributed by atoms with Gasteiger partial charge in [0, 0.05) is 30.3 Å². The van der Waals surface area contributed by atoms with E-state index in [2.05, 4.69) is 0 Å². The van der Waals surface area contributed by atoms with Crippen molar-refractivity contribution in [3.8, 4) is 11.5 Å². The van der Waals surface area contributed by atoms with Gasteiger partial charge in [-0.3, -0.25) is 0 Å². The van der Waals surface area contributed by atoms with Crippen LogP contribution in [0.3, 0.4) is 0 Å². The number of hydrogen-bond donors (Lipinski definition) is 4. The van der Waals surface area contributed by atoms with Crippen LogP contribution in [0.25, 0.3) is 0 Å². The van der Waals surface area contributed by atoms with Crippen LogP contribution in [0.1, 0.15) is 58.6 Å². The number of aliphatic hydroxyl groups is 2. The minimum Gasteiger partial charge on any atom is -0.507 e. The number of rotatable bonds is 7. The van der Waals surface area contributed by atoms with E-state index in [1.165, 1.54) is 0 Å². The molecule has 0 saturated heterocycles. The van der Waals surface area contributed by atoms with Gasteiger partial charge in [0.05, 0.1) is 0 Å². The van der Waals surface area contributed by atoms with E-state index in [1.807, 2.05) is 38.1 Å². The van der Waals surface area contributed by atoms with E-state index < -0.39 is 0 Å². The van der Waals surface area contributed by atoms with Gasteiger partial charge in [-0.2, -0.15) is 0 Å². The van der Waals surface area contributed by atoms with Gasteiger partial charge in [0.2, 0.25) is 0 Å². The zero-order valence-electron chi connectivity index (χ0n) is 16.2. The van der Waals surface area contributed by atoms with E-state index >= 15 is 0 Å². The number of phenolic OH excluding ortho intramolecular Hbond substituents is 2. The molecule has 146 valence electrons. The molecule has 4 nitrogen and oxygen atoms in total. The molecule has 0 radical (unpaired) electrons. The lowest BCUT2D eigenvalue weighted by Crippen LogP contribution is -2.22. The molecule has 0 bridgehead atoms. The summed E-state index contributed by atoms with van der Waals surface area (Å²) in [7, 11) is 0. The van der Waals surface area contributed by atoms with Gasteiger partial charge < -0.3 is 20.4 Å². The van der Waals surface area contributed by atoms with E-state index in [9.17, 15) is 20.4 Å². The molecule has 1 aliphatic carbocycles. The van der Waals surface area contributed by atoms with Crippen molar-refractivity contribution in [2.24, 2.45) is 5.92 Å². The van der Waals surface area contributed by atoms with Gasteiger partial charge in [-0.1, -0.05) is 30.7 Å². The third kappa shape index (κ3) is 3.97. The molecule has 0 amide bonds. The lowest BCUT2D eigenvalue weighted by Gasteiger charge is -2.36. The Hall–Kier alpha value is -2.04. The van der Waals surface area contributed by atoms with Crippen LogP contribution in [0.2, 0.25) is 0 Å². The minimum absolute atomic E-state index is 0.0636. The van der Waals surface area contributed by atoms with Crippen molar-refractivity contribution in [1.29, 1.82) is 0 Å². The molecule has 4 heteroatoms. The average molecular weight is 370 g/mol. The van der Waals surface area contributed by atoms with E-state index in [4.69, 9.17) is 0 Å². The lowest BCUT2D eigenvalue weighted by molar-refractivity contribution is 0.275. The first kappa shape index (κ1) is 19.7. The Morgan fingerprint density at radius 2 is 1.26 bits per heavy atom. The molecule has 1 saturated carbocycles. The van der Waals surface area contributed by atoms with Gasteiger partial charge >= 0.3 is 0 Å². The van der Waals surface area contributed by atoms with Gasteiger partial charge in [0.25, 0.3) is 0 Å². The largest absolute Gasteiger partial charge is 0.507 e. The van der Waals surface area contributed by atoms with E-state index in [0.717, 1.165) is 52.6 Å². The molecule has 0 aliphatic heterocycles. The van der Waals surface area contributed by atoms with Crippen molar-refractivity contribution in [1.82, 2.24) is 0 Å². The van der Waals surface area contributed by atoms with Crippen molar-refractivity contribution in [3.63, 3.8) is 0 Å². The van der Waals surface area contributed by atoms with Crippen LogP contribution in [0.4, 0.5) is 0 Å². The first-order valence-electron chi connectivity index (χ1n) is 9.82. The Morgan fingerprint density at radius 1 is 0.815 bits per heavy atom. The highest BCUT2D eigenvalue weighted by Crippen LogP contribution is 2.49. The summed E-state index contributed by atoms with van der Waals surface area (Å²) in [6, 6.07) is 7.80. The number of aromatic hydroxyl groups is 2. The van der Waals surface area contributed by atoms with Gasteiger partial charge in [0.15, 0.2) is 0 Å². The second-order valence-corrected chi connectivity index (χ2v) is 7.82. The van der Waals surface area contributed by atoms with Crippen molar-refractivity contribution in [3.05, 3.63) is 57.6 Å². The van der Waals surface area contributed by atoms with Crippen molar-refractivity contribution in [2.45, 2.75) is 51.9 Å². The Morgan fingerprint density at radius 3 is 1.59 bits per heavy atom. The minimum atomic E-state index is -0.0894. The van der Waals surface area contributed by atoms with E-state index in [-0.39, 0.29) is 30.6 Å². The van der Waals surface area contributed by atoms with Crippen LogP contribution >= 0.6 is 0 Å². The lowest BCUT2D eigenvalue weighted by atomic mass is 9.69. The summed E-state index contributed by atoms with van der Waals surface area (Å²) in [6.45, 7) is 3.89. The Labute approximate surface area is 161 Å². The zero-order chi connectivity index (χ0) is 19.6. The second kappa shape index (κ2) is 8.32. The molecule has 0 unspecified atom stereocenters. The molecule has 4 N–H and O–H groups in total. The molecule has 3 rings (SSSR count). The van der Waals surface area contributed by atoms with E-state index in [0.29, 0.717) is 18.8 Å². The first-order valence-corrected chi connectivity index (χ1v) is 9.82. The Balaban J connectivity index is 2.17. The number of phenols is 2. The third-order valence-electron chi connectivity index (χ3n) is 5.87. The van der Waals surface area contributed by atoms with Crippen LogP contribution in [0.5, 0.6) is 11.5 Å². The summed E-state index contributed by atoms with van der Waals surface area (Å²) in [5.41, 5.74) is 5.24. The van der Waals surface area contributed by atoms with E-state index in [1.54, 1.807) is 0 Å². The highest BCUT2D eigenvalue weighted by atomic mass is 16.3. The number of benzene rings is 2. The monoisotopic (exact) mass is 370 g/mol. The maximum absolute atomic E-state index is 10.8. The summed E-state index contributed by atoms with van der Waals surface area (Å²) in [5.74, 6) is 0.833. The quantitative estimate of drug-likeness (QED) is 0.599. The molecule has 0 aromatic heterocycles. The van der Waals surface area contributed by atoms with Crippen molar-refractivity contribution >= 4 is 0 Å². The number of aliphatic hydroxyl groups excluding tert-OH is 2.